The molecule has 0 amide bonds. The van der Waals surface area contributed by atoms with E-state index in [2.05, 4.69) is 33.1 Å². The summed E-state index contributed by atoms with van der Waals surface area (Å²) in [6.07, 6.45) is 3.54. The lowest BCUT2D eigenvalue weighted by molar-refractivity contribution is 0.162. The van der Waals surface area contributed by atoms with E-state index in [0.29, 0.717) is 22.9 Å². The number of unbranched alkanes of at least 4 members (excludes halogenated alkanes) is 1. The molecule has 0 aliphatic carbocycles. The predicted octanol–water partition coefficient (Wildman–Crippen LogP) is 4.53. The largest absolute Gasteiger partial charge is 0.503 e. The lowest BCUT2D eigenvalue weighted by atomic mass is 9.98. The maximum Gasteiger partial charge on any atom is 0.172 e. The number of hydrogen-bond donors (Lipinski definition) is 2. The lowest BCUT2D eigenvalue weighted by Gasteiger charge is -2.35. The van der Waals surface area contributed by atoms with Crippen LogP contribution in [0.3, 0.4) is 0 Å². The highest BCUT2D eigenvalue weighted by molar-refractivity contribution is 9.10. The topological polar surface area (TPSA) is 44.7 Å². The molecule has 1 heterocycles. The monoisotopic (exact) mass is 442 g/mol. The molecule has 0 aromatic heterocycles. The minimum absolute atomic E-state index is 0. The molecule has 1 aliphatic rings. The van der Waals surface area contributed by atoms with E-state index in [9.17, 15) is 5.11 Å². The highest BCUT2D eigenvalue weighted by Gasteiger charge is 2.23. The molecule has 0 spiro atoms. The zero-order valence-corrected chi connectivity index (χ0v) is 17.6. The van der Waals surface area contributed by atoms with E-state index >= 15 is 0 Å². The molecular weight excluding hydrogens is 415 g/mol. The van der Waals surface area contributed by atoms with Gasteiger partial charge in [0.15, 0.2) is 11.5 Å². The third-order valence-corrected chi connectivity index (χ3v) is 4.76. The summed E-state index contributed by atoms with van der Waals surface area (Å²) in [7, 11) is 0. The Morgan fingerprint density at radius 2 is 1.92 bits per heavy atom. The molecule has 0 saturated carbocycles. The molecule has 2 N–H and O–H groups in total. The third-order valence-electron chi connectivity index (χ3n) is 4.16. The quantitative estimate of drug-likeness (QED) is 0.649. The Labute approximate surface area is 166 Å². The molecule has 1 fully saturated rings. The van der Waals surface area contributed by atoms with Crippen LogP contribution in [-0.2, 0) is 0 Å². The minimum Gasteiger partial charge on any atom is -0.503 e. The normalized spacial score (nSPS) is 16.0. The van der Waals surface area contributed by atoms with Crippen molar-refractivity contribution in [1.29, 1.82) is 0 Å². The van der Waals surface area contributed by atoms with Gasteiger partial charge >= 0.3 is 0 Å². The standard InChI is InChI=1S/C17H27BrN2O2.2ClH/c1-3-5-6-15(20-9-7-19-8-10-20)13-11-14(18)17(21)16(12-13)22-4-2;;/h11-12,15,19,21H,3-10H2,1-2H3;2*1H/t15-;;/m1../s1. The summed E-state index contributed by atoms with van der Waals surface area (Å²) >= 11 is 3.47. The van der Waals surface area contributed by atoms with E-state index in [1.807, 2.05) is 19.1 Å². The Kier molecular flexibility index (Phi) is 12.1. The summed E-state index contributed by atoms with van der Waals surface area (Å²) in [5.41, 5.74) is 1.23. The first kappa shape index (κ1) is 23.8. The summed E-state index contributed by atoms with van der Waals surface area (Å²) in [4.78, 5) is 2.54. The van der Waals surface area contributed by atoms with Crippen molar-refractivity contribution < 1.29 is 9.84 Å². The SMILES string of the molecule is CCCC[C@H](c1cc(Br)c(O)c(OCC)c1)N1CCNCC1.Cl.Cl. The van der Waals surface area contributed by atoms with Crippen LogP contribution in [0.1, 0.15) is 44.7 Å². The average Bonchev–Trinajstić information content (AvgIpc) is 2.53. The zero-order chi connectivity index (χ0) is 15.9. The van der Waals surface area contributed by atoms with E-state index in [1.165, 1.54) is 18.4 Å². The average molecular weight is 444 g/mol. The van der Waals surface area contributed by atoms with E-state index in [-0.39, 0.29) is 30.6 Å². The maximum absolute atomic E-state index is 10.1. The molecule has 1 saturated heterocycles. The van der Waals surface area contributed by atoms with Crippen LogP contribution in [-0.4, -0.2) is 42.8 Å². The Hall–Kier alpha value is -0.200. The van der Waals surface area contributed by atoms with Crippen molar-refractivity contribution in [3.63, 3.8) is 0 Å². The number of rotatable bonds is 7. The van der Waals surface area contributed by atoms with Gasteiger partial charge in [-0.1, -0.05) is 19.8 Å². The molecule has 7 heteroatoms. The van der Waals surface area contributed by atoms with Gasteiger partial charge < -0.3 is 15.2 Å². The molecular formula is C17H29BrCl2N2O2. The first-order valence-electron chi connectivity index (χ1n) is 8.27. The third kappa shape index (κ3) is 6.26. The van der Waals surface area contributed by atoms with Crippen LogP contribution < -0.4 is 10.1 Å². The Morgan fingerprint density at radius 1 is 1.25 bits per heavy atom. The van der Waals surface area contributed by atoms with Crippen molar-refractivity contribution >= 4 is 40.7 Å². The molecule has 2 rings (SSSR count). The highest BCUT2D eigenvalue weighted by atomic mass is 79.9. The van der Waals surface area contributed by atoms with Gasteiger partial charge in [0.05, 0.1) is 11.1 Å². The van der Waals surface area contributed by atoms with Crippen molar-refractivity contribution in [2.24, 2.45) is 0 Å². The second-order valence-electron chi connectivity index (χ2n) is 5.73. The molecule has 24 heavy (non-hydrogen) atoms. The number of ether oxygens (including phenoxy) is 1. The number of nitrogens with one attached hydrogen (secondary N) is 1. The van der Waals surface area contributed by atoms with Gasteiger partial charge in [0, 0.05) is 32.2 Å². The van der Waals surface area contributed by atoms with Crippen LogP contribution in [0.4, 0.5) is 0 Å². The first-order chi connectivity index (χ1) is 10.7. The molecule has 1 aromatic carbocycles. The van der Waals surface area contributed by atoms with Crippen molar-refractivity contribution in [2.45, 2.75) is 39.2 Å². The first-order valence-corrected chi connectivity index (χ1v) is 9.06. The van der Waals surface area contributed by atoms with E-state index < -0.39 is 0 Å². The Morgan fingerprint density at radius 3 is 2.50 bits per heavy atom. The number of nitrogens with zero attached hydrogens (tertiary/aromatic N) is 1. The molecule has 1 aromatic rings. The van der Waals surface area contributed by atoms with Crippen molar-refractivity contribution in [3.05, 3.63) is 22.2 Å². The highest BCUT2D eigenvalue weighted by Crippen LogP contribution is 2.39. The number of piperazine rings is 1. The van der Waals surface area contributed by atoms with Crippen LogP contribution in [0.25, 0.3) is 0 Å². The summed E-state index contributed by atoms with van der Waals surface area (Å²) in [6, 6.07) is 4.43. The van der Waals surface area contributed by atoms with Crippen LogP contribution in [0, 0.1) is 0 Å². The van der Waals surface area contributed by atoms with E-state index in [0.717, 1.165) is 32.6 Å². The molecule has 4 nitrogen and oxygen atoms in total. The number of halogens is 3. The van der Waals surface area contributed by atoms with Gasteiger partial charge in [-0.3, -0.25) is 4.90 Å². The van der Waals surface area contributed by atoms with Crippen LogP contribution in [0.15, 0.2) is 16.6 Å². The smallest absolute Gasteiger partial charge is 0.172 e. The van der Waals surface area contributed by atoms with Gasteiger partial charge in [-0.15, -0.1) is 24.8 Å². The van der Waals surface area contributed by atoms with Gasteiger partial charge in [-0.25, -0.2) is 0 Å². The van der Waals surface area contributed by atoms with Crippen LogP contribution in [0.5, 0.6) is 11.5 Å². The summed E-state index contributed by atoms with van der Waals surface area (Å²) < 4.78 is 6.30. The summed E-state index contributed by atoms with van der Waals surface area (Å²) in [5, 5.41) is 13.5. The number of aromatic hydroxyl groups is 1. The summed E-state index contributed by atoms with van der Waals surface area (Å²) in [5.74, 6) is 0.767. The fourth-order valence-corrected chi connectivity index (χ4v) is 3.46. The van der Waals surface area contributed by atoms with Crippen molar-refractivity contribution in [3.8, 4) is 11.5 Å². The van der Waals surface area contributed by atoms with Crippen LogP contribution in [0.2, 0.25) is 0 Å². The van der Waals surface area contributed by atoms with Crippen molar-refractivity contribution in [1.82, 2.24) is 10.2 Å². The van der Waals surface area contributed by atoms with Gasteiger partial charge in [-0.2, -0.15) is 0 Å². The molecule has 1 atom stereocenters. The van der Waals surface area contributed by atoms with E-state index in [4.69, 9.17) is 4.74 Å². The second kappa shape index (κ2) is 12.2. The fraction of sp³-hybridized carbons (Fsp3) is 0.647. The fourth-order valence-electron chi connectivity index (χ4n) is 3.00. The van der Waals surface area contributed by atoms with Gasteiger partial charge in [0.2, 0.25) is 0 Å². The minimum atomic E-state index is 0. The Bertz CT molecular complexity index is 486. The molecule has 140 valence electrons. The molecule has 0 unspecified atom stereocenters. The number of benzene rings is 1. The molecule has 1 aliphatic heterocycles. The second-order valence-corrected chi connectivity index (χ2v) is 6.58. The van der Waals surface area contributed by atoms with Gasteiger partial charge in [-0.05, 0) is 47.0 Å². The molecule has 0 bridgehead atoms. The van der Waals surface area contributed by atoms with E-state index in [1.54, 1.807) is 0 Å². The maximum atomic E-state index is 10.1. The van der Waals surface area contributed by atoms with Gasteiger partial charge in [0.1, 0.15) is 0 Å². The predicted molar refractivity (Wildman–Crippen MR) is 108 cm³/mol. The summed E-state index contributed by atoms with van der Waals surface area (Å²) in [6.45, 7) is 8.93. The zero-order valence-electron chi connectivity index (χ0n) is 14.4. The van der Waals surface area contributed by atoms with Crippen LogP contribution >= 0.6 is 40.7 Å². The molecule has 0 radical (unpaired) electrons. The Balaban J connectivity index is 0.00000264. The number of hydrogen-bond acceptors (Lipinski definition) is 4. The number of phenolic OH excluding ortho intramolecular Hbond substituents is 1. The number of phenols is 1. The van der Waals surface area contributed by atoms with Gasteiger partial charge in [0.25, 0.3) is 0 Å². The van der Waals surface area contributed by atoms with Crippen molar-refractivity contribution in [2.75, 3.05) is 32.8 Å². The lowest BCUT2D eigenvalue weighted by Crippen LogP contribution is -2.45.